The molecule has 0 fully saturated rings. The number of furan rings is 1. The Bertz CT molecular complexity index is 317. The maximum atomic E-state index is 11.9. The highest BCUT2D eigenvalue weighted by molar-refractivity contribution is 5.81. The van der Waals surface area contributed by atoms with Crippen LogP contribution >= 0.6 is 0 Å². The summed E-state index contributed by atoms with van der Waals surface area (Å²) < 4.78 is 5.18. The first-order valence-corrected chi connectivity index (χ1v) is 4.95. The van der Waals surface area contributed by atoms with Crippen LogP contribution in [-0.4, -0.2) is 24.4 Å². The van der Waals surface area contributed by atoms with Gasteiger partial charge in [-0.25, -0.2) is 0 Å². The van der Waals surface area contributed by atoms with Crippen LogP contribution in [0.25, 0.3) is 0 Å². The monoisotopic (exact) mass is 210 g/mol. The predicted molar refractivity (Wildman–Crippen MR) is 58.0 cm³/mol. The Morgan fingerprint density at radius 3 is 2.73 bits per heavy atom. The quantitative estimate of drug-likeness (QED) is 0.813. The summed E-state index contributed by atoms with van der Waals surface area (Å²) in [5, 5.41) is 0. The summed E-state index contributed by atoms with van der Waals surface area (Å²) >= 11 is 0. The summed E-state index contributed by atoms with van der Waals surface area (Å²) in [6.07, 6.45) is 1.60. The van der Waals surface area contributed by atoms with Gasteiger partial charge in [-0.05, 0) is 26.0 Å². The van der Waals surface area contributed by atoms with Gasteiger partial charge in [-0.3, -0.25) is 4.79 Å². The van der Waals surface area contributed by atoms with E-state index in [4.69, 9.17) is 10.2 Å². The first-order valence-electron chi connectivity index (χ1n) is 4.95. The Kier molecular flexibility index (Phi) is 3.52. The third-order valence-electron chi connectivity index (χ3n) is 2.41. The molecule has 4 heteroatoms. The lowest BCUT2D eigenvalue weighted by Crippen LogP contribution is -2.42. The second-order valence-corrected chi connectivity index (χ2v) is 4.33. The van der Waals surface area contributed by atoms with Crippen LogP contribution in [-0.2, 0) is 11.3 Å². The largest absolute Gasteiger partial charge is 0.467 e. The van der Waals surface area contributed by atoms with Crippen molar-refractivity contribution in [1.29, 1.82) is 0 Å². The molecule has 84 valence electrons. The Balaban J connectivity index is 2.61. The molecule has 0 saturated carbocycles. The SMILES string of the molecule is CN(Cc1ccco1)C(=O)C(C)(C)CN. The van der Waals surface area contributed by atoms with Gasteiger partial charge < -0.3 is 15.1 Å². The molecule has 0 aromatic carbocycles. The lowest BCUT2D eigenvalue weighted by Gasteiger charge is -2.27. The molecular weight excluding hydrogens is 192 g/mol. The van der Waals surface area contributed by atoms with E-state index < -0.39 is 5.41 Å². The van der Waals surface area contributed by atoms with Gasteiger partial charge in [0.1, 0.15) is 5.76 Å². The van der Waals surface area contributed by atoms with E-state index in [-0.39, 0.29) is 5.91 Å². The number of nitrogens with two attached hydrogens (primary N) is 1. The maximum absolute atomic E-state index is 11.9. The van der Waals surface area contributed by atoms with Crippen molar-refractivity contribution in [1.82, 2.24) is 4.90 Å². The summed E-state index contributed by atoms with van der Waals surface area (Å²) in [4.78, 5) is 13.6. The third kappa shape index (κ3) is 2.83. The Hall–Kier alpha value is -1.29. The molecule has 1 heterocycles. The van der Waals surface area contributed by atoms with E-state index in [0.717, 1.165) is 5.76 Å². The molecule has 4 nitrogen and oxygen atoms in total. The molecule has 1 rings (SSSR count). The van der Waals surface area contributed by atoms with Crippen LogP contribution in [0, 0.1) is 5.41 Å². The molecule has 0 aliphatic rings. The van der Waals surface area contributed by atoms with Crippen molar-refractivity contribution in [2.45, 2.75) is 20.4 Å². The van der Waals surface area contributed by atoms with Crippen molar-refractivity contribution < 1.29 is 9.21 Å². The average Bonchev–Trinajstić information content (AvgIpc) is 2.69. The van der Waals surface area contributed by atoms with Gasteiger partial charge in [0.05, 0.1) is 18.2 Å². The van der Waals surface area contributed by atoms with Gasteiger partial charge in [0.2, 0.25) is 5.91 Å². The Morgan fingerprint density at radius 2 is 2.27 bits per heavy atom. The smallest absolute Gasteiger partial charge is 0.229 e. The van der Waals surface area contributed by atoms with E-state index >= 15 is 0 Å². The Morgan fingerprint density at radius 1 is 1.60 bits per heavy atom. The van der Waals surface area contributed by atoms with E-state index in [1.165, 1.54) is 0 Å². The summed E-state index contributed by atoms with van der Waals surface area (Å²) in [5.74, 6) is 0.806. The highest BCUT2D eigenvalue weighted by Crippen LogP contribution is 2.17. The van der Waals surface area contributed by atoms with Crippen molar-refractivity contribution >= 4 is 5.91 Å². The molecule has 0 spiro atoms. The maximum Gasteiger partial charge on any atom is 0.229 e. The van der Waals surface area contributed by atoms with Crippen LogP contribution in [0.4, 0.5) is 0 Å². The van der Waals surface area contributed by atoms with Crippen LogP contribution in [0.5, 0.6) is 0 Å². The van der Waals surface area contributed by atoms with Crippen LogP contribution in [0.2, 0.25) is 0 Å². The van der Waals surface area contributed by atoms with E-state index in [1.54, 1.807) is 18.2 Å². The van der Waals surface area contributed by atoms with E-state index in [0.29, 0.717) is 13.1 Å². The van der Waals surface area contributed by atoms with Gasteiger partial charge in [0.25, 0.3) is 0 Å². The van der Waals surface area contributed by atoms with E-state index in [1.807, 2.05) is 26.0 Å². The standard InChI is InChI=1S/C11H18N2O2/c1-11(2,8-12)10(14)13(3)7-9-5-4-6-15-9/h4-6H,7-8,12H2,1-3H3. The van der Waals surface area contributed by atoms with E-state index in [2.05, 4.69) is 0 Å². The summed E-state index contributed by atoms with van der Waals surface area (Å²) in [6, 6.07) is 3.65. The van der Waals surface area contributed by atoms with Gasteiger partial charge in [-0.15, -0.1) is 0 Å². The van der Waals surface area contributed by atoms with Crippen LogP contribution in [0.1, 0.15) is 19.6 Å². The minimum Gasteiger partial charge on any atom is -0.467 e. The van der Waals surface area contributed by atoms with Gasteiger partial charge in [0, 0.05) is 13.6 Å². The zero-order valence-corrected chi connectivity index (χ0v) is 9.49. The minimum atomic E-state index is -0.513. The summed E-state index contributed by atoms with van der Waals surface area (Å²) in [5.41, 5.74) is 5.03. The molecule has 0 unspecified atom stereocenters. The van der Waals surface area contributed by atoms with Gasteiger partial charge in [-0.1, -0.05) is 0 Å². The fourth-order valence-electron chi connectivity index (χ4n) is 1.31. The molecule has 0 atom stereocenters. The lowest BCUT2D eigenvalue weighted by atomic mass is 9.92. The first kappa shape index (κ1) is 11.8. The number of nitrogens with zero attached hydrogens (tertiary/aromatic N) is 1. The average molecular weight is 210 g/mol. The summed E-state index contributed by atoms with van der Waals surface area (Å²) in [7, 11) is 1.75. The number of hydrogen-bond donors (Lipinski definition) is 1. The zero-order chi connectivity index (χ0) is 11.5. The molecule has 1 aromatic heterocycles. The zero-order valence-electron chi connectivity index (χ0n) is 9.49. The number of hydrogen-bond acceptors (Lipinski definition) is 3. The fourth-order valence-corrected chi connectivity index (χ4v) is 1.31. The molecule has 0 radical (unpaired) electrons. The number of carbonyl (C=O) groups is 1. The summed E-state index contributed by atoms with van der Waals surface area (Å²) in [6.45, 7) is 4.51. The molecule has 1 amide bonds. The van der Waals surface area contributed by atoms with Crippen molar-refractivity contribution in [2.75, 3.05) is 13.6 Å². The van der Waals surface area contributed by atoms with Crippen molar-refractivity contribution in [3.05, 3.63) is 24.2 Å². The molecule has 15 heavy (non-hydrogen) atoms. The van der Waals surface area contributed by atoms with Crippen molar-refractivity contribution in [2.24, 2.45) is 11.1 Å². The lowest BCUT2D eigenvalue weighted by molar-refractivity contribution is -0.139. The molecule has 0 saturated heterocycles. The van der Waals surface area contributed by atoms with Crippen molar-refractivity contribution in [3.63, 3.8) is 0 Å². The highest BCUT2D eigenvalue weighted by Gasteiger charge is 2.29. The second kappa shape index (κ2) is 4.49. The normalized spacial score (nSPS) is 11.5. The molecule has 0 aliphatic heterocycles. The molecule has 1 aromatic rings. The van der Waals surface area contributed by atoms with Gasteiger partial charge in [-0.2, -0.15) is 0 Å². The van der Waals surface area contributed by atoms with Crippen LogP contribution < -0.4 is 5.73 Å². The van der Waals surface area contributed by atoms with Gasteiger partial charge in [0.15, 0.2) is 0 Å². The number of amides is 1. The van der Waals surface area contributed by atoms with Crippen LogP contribution in [0.15, 0.2) is 22.8 Å². The third-order valence-corrected chi connectivity index (χ3v) is 2.41. The minimum absolute atomic E-state index is 0.0291. The van der Waals surface area contributed by atoms with E-state index in [9.17, 15) is 4.79 Å². The van der Waals surface area contributed by atoms with Crippen LogP contribution in [0.3, 0.4) is 0 Å². The number of carbonyl (C=O) groups excluding carboxylic acids is 1. The van der Waals surface area contributed by atoms with Gasteiger partial charge >= 0.3 is 0 Å². The first-order chi connectivity index (χ1) is 6.97. The van der Waals surface area contributed by atoms with Crippen molar-refractivity contribution in [3.8, 4) is 0 Å². The predicted octanol–water partition coefficient (Wildman–Crippen LogP) is 1.22. The second-order valence-electron chi connectivity index (χ2n) is 4.33. The fraction of sp³-hybridized carbons (Fsp3) is 0.545. The molecule has 2 N–H and O–H groups in total. The molecule has 0 aliphatic carbocycles. The molecule has 0 bridgehead atoms. The molecular formula is C11H18N2O2. The highest BCUT2D eigenvalue weighted by atomic mass is 16.3. The topological polar surface area (TPSA) is 59.5 Å². The number of rotatable bonds is 4. The Labute approximate surface area is 90.0 Å².